The molecule has 0 unspecified atom stereocenters. The summed E-state index contributed by atoms with van der Waals surface area (Å²) in [5.74, 6) is -0.380. The van der Waals surface area contributed by atoms with E-state index >= 15 is 0 Å². The maximum absolute atomic E-state index is 13.6. The Bertz CT molecular complexity index is 1580. The maximum atomic E-state index is 13.6. The number of hydrogen-bond donors (Lipinski definition) is 4. The standard InChI is InChI=1S/C35H41N3O6/c1-4-43-33(40)14-7-8-17-36-34(41)26-11-9-10-24(18-26)25-15-16-32(44-23(2)3)30(20-25)35(42)38-28(22-39)19-27-21-37-31-13-6-5-12-29(27)31/h5-6,9-13,15-16,18,20-21,23,28,37,39H,4,7-8,14,17,19,22H2,1-3H3,(H,36,41)(H,38,42)/t28-/m1/s1. The lowest BCUT2D eigenvalue weighted by Crippen LogP contribution is -2.39. The summed E-state index contributed by atoms with van der Waals surface area (Å²) in [6, 6.07) is 20.0. The monoisotopic (exact) mass is 599 g/mol. The van der Waals surface area contributed by atoms with E-state index in [2.05, 4.69) is 15.6 Å². The number of ether oxygens (including phenoxy) is 2. The highest BCUT2D eigenvalue weighted by Gasteiger charge is 2.20. The highest BCUT2D eigenvalue weighted by molar-refractivity contribution is 5.99. The Morgan fingerprint density at radius 1 is 0.932 bits per heavy atom. The number of aromatic nitrogens is 1. The van der Waals surface area contributed by atoms with E-state index in [1.807, 2.05) is 56.4 Å². The average Bonchev–Trinajstić information content (AvgIpc) is 3.43. The minimum Gasteiger partial charge on any atom is -0.490 e. The van der Waals surface area contributed by atoms with Gasteiger partial charge in [-0.2, -0.15) is 0 Å². The molecule has 0 aliphatic carbocycles. The van der Waals surface area contributed by atoms with Gasteiger partial charge in [0.2, 0.25) is 0 Å². The molecule has 0 radical (unpaired) electrons. The number of aliphatic hydroxyl groups is 1. The van der Waals surface area contributed by atoms with Crippen LogP contribution in [0, 0.1) is 0 Å². The van der Waals surface area contributed by atoms with Crippen LogP contribution in [0.4, 0.5) is 0 Å². The molecule has 4 rings (SSSR count). The van der Waals surface area contributed by atoms with E-state index in [-0.39, 0.29) is 30.5 Å². The maximum Gasteiger partial charge on any atom is 0.305 e. The molecule has 0 saturated heterocycles. The van der Waals surface area contributed by atoms with E-state index in [4.69, 9.17) is 9.47 Å². The third-order valence-electron chi connectivity index (χ3n) is 7.14. The van der Waals surface area contributed by atoms with Crippen molar-refractivity contribution in [3.63, 3.8) is 0 Å². The predicted molar refractivity (Wildman–Crippen MR) is 171 cm³/mol. The van der Waals surface area contributed by atoms with Crippen LogP contribution in [0.2, 0.25) is 0 Å². The van der Waals surface area contributed by atoms with Crippen molar-refractivity contribution in [1.82, 2.24) is 15.6 Å². The van der Waals surface area contributed by atoms with E-state index < -0.39 is 6.04 Å². The fraction of sp³-hybridized carbons (Fsp3) is 0.343. The molecule has 1 aromatic heterocycles. The molecule has 4 N–H and O–H groups in total. The summed E-state index contributed by atoms with van der Waals surface area (Å²) in [6.45, 7) is 6.13. The zero-order valence-electron chi connectivity index (χ0n) is 25.5. The fourth-order valence-corrected chi connectivity index (χ4v) is 5.01. The minimum absolute atomic E-state index is 0.156. The molecule has 9 nitrogen and oxygen atoms in total. The summed E-state index contributed by atoms with van der Waals surface area (Å²) in [5, 5.41) is 17.1. The van der Waals surface area contributed by atoms with Gasteiger partial charge >= 0.3 is 5.97 Å². The molecule has 0 aliphatic rings. The van der Waals surface area contributed by atoms with E-state index in [0.29, 0.717) is 55.7 Å². The summed E-state index contributed by atoms with van der Waals surface area (Å²) in [7, 11) is 0. The van der Waals surface area contributed by atoms with Gasteiger partial charge in [-0.3, -0.25) is 14.4 Å². The molecule has 3 aromatic carbocycles. The smallest absolute Gasteiger partial charge is 0.305 e. The Balaban J connectivity index is 1.47. The SMILES string of the molecule is CCOC(=O)CCCCNC(=O)c1cccc(-c2ccc(OC(C)C)c(C(=O)N[C@@H](CO)Cc3c[nH]c4ccccc34)c2)c1. The molecule has 0 bridgehead atoms. The molecule has 1 heterocycles. The second kappa shape index (κ2) is 15.7. The minimum atomic E-state index is -0.512. The number of para-hydroxylation sites is 1. The van der Waals surface area contributed by atoms with Crippen LogP contribution in [0.15, 0.2) is 72.9 Å². The van der Waals surface area contributed by atoms with Gasteiger partial charge in [0.05, 0.1) is 30.9 Å². The van der Waals surface area contributed by atoms with Gasteiger partial charge in [-0.15, -0.1) is 0 Å². The molecular formula is C35H41N3O6. The van der Waals surface area contributed by atoms with Crippen LogP contribution in [0.5, 0.6) is 5.75 Å². The van der Waals surface area contributed by atoms with Crippen LogP contribution >= 0.6 is 0 Å². The van der Waals surface area contributed by atoms with Crippen molar-refractivity contribution in [3.8, 4) is 16.9 Å². The number of carbonyl (C=O) groups is 3. The molecule has 2 amide bonds. The molecule has 0 spiro atoms. The first-order valence-electron chi connectivity index (χ1n) is 15.1. The molecular weight excluding hydrogens is 558 g/mol. The zero-order chi connectivity index (χ0) is 31.5. The van der Waals surface area contributed by atoms with Crippen molar-refractivity contribution >= 4 is 28.7 Å². The Labute approximate surface area is 258 Å². The summed E-state index contributed by atoms with van der Waals surface area (Å²) in [5.41, 5.74) is 4.33. The Hall–Kier alpha value is -4.63. The quantitative estimate of drug-likeness (QED) is 0.107. The predicted octanol–water partition coefficient (Wildman–Crippen LogP) is 5.42. The van der Waals surface area contributed by atoms with Crippen molar-refractivity contribution in [2.24, 2.45) is 0 Å². The number of unbranched alkanes of at least 4 members (excludes halogenated alkanes) is 1. The van der Waals surface area contributed by atoms with Crippen molar-refractivity contribution in [2.45, 2.75) is 58.6 Å². The molecule has 0 aliphatic heterocycles. The van der Waals surface area contributed by atoms with Crippen LogP contribution < -0.4 is 15.4 Å². The lowest BCUT2D eigenvalue weighted by molar-refractivity contribution is -0.143. The number of esters is 1. The van der Waals surface area contributed by atoms with Gasteiger partial charge in [-0.05, 0) is 87.1 Å². The molecule has 44 heavy (non-hydrogen) atoms. The number of carbonyl (C=O) groups excluding carboxylic acids is 3. The number of benzene rings is 3. The first kappa shape index (κ1) is 32.3. The van der Waals surface area contributed by atoms with Gasteiger partial charge in [-0.25, -0.2) is 0 Å². The highest BCUT2D eigenvalue weighted by atomic mass is 16.5. The van der Waals surface area contributed by atoms with E-state index in [1.54, 1.807) is 37.3 Å². The third kappa shape index (κ3) is 8.70. The molecule has 4 aromatic rings. The van der Waals surface area contributed by atoms with Gasteiger partial charge < -0.3 is 30.2 Å². The zero-order valence-corrected chi connectivity index (χ0v) is 25.5. The van der Waals surface area contributed by atoms with Crippen LogP contribution in [0.3, 0.4) is 0 Å². The third-order valence-corrected chi connectivity index (χ3v) is 7.14. The lowest BCUT2D eigenvalue weighted by atomic mass is 9.99. The van der Waals surface area contributed by atoms with Crippen molar-refractivity contribution in [1.29, 1.82) is 0 Å². The van der Waals surface area contributed by atoms with Gasteiger partial charge in [-0.1, -0.05) is 36.4 Å². The molecule has 1 atom stereocenters. The number of aromatic amines is 1. The van der Waals surface area contributed by atoms with Crippen LogP contribution in [-0.4, -0.2) is 59.8 Å². The number of nitrogens with one attached hydrogen (secondary N) is 3. The number of H-pyrrole nitrogens is 1. The highest BCUT2D eigenvalue weighted by Crippen LogP contribution is 2.29. The summed E-state index contributed by atoms with van der Waals surface area (Å²) < 4.78 is 10.9. The van der Waals surface area contributed by atoms with E-state index in [9.17, 15) is 19.5 Å². The second-order valence-electron chi connectivity index (χ2n) is 10.9. The average molecular weight is 600 g/mol. The molecule has 232 valence electrons. The van der Waals surface area contributed by atoms with E-state index in [1.165, 1.54) is 0 Å². The Morgan fingerprint density at radius 2 is 1.73 bits per heavy atom. The van der Waals surface area contributed by atoms with Crippen LogP contribution in [0.25, 0.3) is 22.0 Å². The summed E-state index contributed by atoms with van der Waals surface area (Å²) in [6.07, 6.45) is 3.82. The molecule has 0 fully saturated rings. The van der Waals surface area contributed by atoms with Crippen molar-refractivity contribution in [3.05, 3.63) is 89.6 Å². The topological polar surface area (TPSA) is 130 Å². The fourth-order valence-electron chi connectivity index (χ4n) is 5.01. The number of amides is 2. The van der Waals surface area contributed by atoms with Crippen LogP contribution in [0.1, 0.15) is 66.3 Å². The largest absolute Gasteiger partial charge is 0.490 e. The first-order chi connectivity index (χ1) is 21.3. The number of aliphatic hydroxyl groups excluding tert-OH is 1. The number of hydrogen-bond acceptors (Lipinski definition) is 6. The first-order valence-corrected chi connectivity index (χ1v) is 15.1. The van der Waals surface area contributed by atoms with Crippen molar-refractivity contribution in [2.75, 3.05) is 19.8 Å². The summed E-state index contributed by atoms with van der Waals surface area (Å²) >= 11 is 0. The number of fused-ring (bicyclic) bond motifs is 1. The molecule has 9 heteroatoms. The van der Waals surface area contributed by atoms with Gasteiger partial charge in [0.15, 0.2) is 0 Å². The van der Waals surface area contributed by atoms with Gasteiger partial charge in [0, 0.05) is 35.6 Å². The van der Waals surface area contributed by atoms with Crippen LogP contribution in [-0.2, 0) is 16.0 Å². The Morgan fingerprint density at radius 3 is 2.50 bits per heavy atom. The second-order valence-corrected chi connectivity index (χ2v) is 10.9. The number of rotatable bonds is 15. The van der Waals surface area contributed by atoms with E-state index in [0.717, 1.165) is 27.6 Å². The van der Waals surface area contributed by atoms with Gasteiger partial charge in [0.1, 0.15) is 5.75 Å². The summed E-state index contributed by atoms with van der Waals surface area (Å²) in [4.78, 5) is 41.2. The Kier molecular flexibility index (Phi) is 11.5. The van der Waals surface area contributed by atoms with Crippen molar-refractivity contribution < 1.29 is 29.0 Å². The molecule has 0 saturated carbocycles. The lowest BCUT2D eigenvalue weighted by Gasteiger charge is -2.19. The van der Waals surface area contributed by atoms with Gasteiger partial charge in [0.25, 0.3) is 11.8 Å². The normalized spacial score (nSPS) is 11.8.